The highest BCUT2D eigenvalue weighted by Gasteiger charge is 2.35. The maximum absolute atomic E-state index is 13.7. The second kappa shape index (κ2) is 9.48. The van der Waals surface area contributed by atoms with Crippen molar-refractivity contribution in [3.8, 4) is 5.95 Å². The van der Waals surface area contributed by atoms with Crippen molar-refractivity contribution in [3.05, 3.63) is 47.7 Å². The Morgan fingerprint density at radius 1 is 1.18 bits per heavy atom. The molecular weight excluding hydrogens is 437 g/mol. The van der Waals surface area contributed by atoms with E-state index in [0.29, 0.717) is 23.4 Å². The van der Waals surface area contributed by atoms with Gasteiger partial charge in [-0.15, -0.1) is 0 Å². The van der Waals surface area contributed by atoms with E-state index in [1.807, 2.05) is 6.92 Å². The lowest BCUT2D eigenvalue weighted by atomic mass is 9.68. The number of rotatable bonds is 6. The van der Waals surface area contributed by atoms with Crippen molar-refractivity contribution < 1.29 is 18.7 Å². The zero-order chi connectivity index (χ0) is 24.5. The number of halogens is 1. The summed E-state index contributed by atoms with van der Waals surface area (Å²) in [6.07, 6.45) is 6.90. The van der Waals surface area contributed by atoms with Crippen molar-refractivity contribution in [1.82, 2.24) is 25.1 Å². The molecule has 0 unspecified atom stereocenters. The Morgan fingerprint density at radius 3 is 2.50 bits per heavy atom. The van der Waals surface area contributed by atoms with E-state index in [1.165, 1.54) is 36.3 Å². The van der Waals surface area contributed by atoms with Crippen molar-refractivity contribution >= 4 is 22.8 Å². The fraction of sp³-hybridized carbons (Fsp3) is 0.480. The average molecular weight is 468 g/mol. The summed E-state index contributed by atoms with van der Waals surface area (Å²) < 4.78 is 20.1. The first-order valence-electron chi connectivity index (χ1n) is 11.5. The van der Waals surface area contributed by atoms with Gasteiger partial charge in [0.2, 0.25) is 0 Å². The molecule has 34 heavy (non-hydrogen) atoms. The molecule has 1 amide bonds. The van der Waals surface area contributed by atoms with Crippen LogP contribution in [0.1, 0.15) is 62.0 Å². The molecule has 0 aliphatic heterocycles. The topological polar surface area (TPSA) is 99.0 Å². The molecule has 0 bridgehead atoms. The van der Waals surface area contributed by atoms with Gasteiger partial charge in [-0.2, -0.15) is 9.78 Å². The predicted molar refractivity (Wildman–Crippen MR) is 125 cm³/mol. The number of nitrogens with zero attached hydrogens (tertiary/aromatic N) is 4. The largest absolute Gasteiger partial charge is 0.469 e. The fourth-order valence-corrected chi connectivity index (χ4v) is 4.82. The van der Waals surface area contributed by atoms with E-state index in [-0.39, 0.29) is 35.1 Å². The van der Waals surface area contributed by atoms with E-state index < -0.39 is 0 Å². The summed E-state index contributed by atoms with van der Waals surface area (Å²) in [4.78, 5) is 33.1. The molecule has 1 aromatic carbocycles. The number of methoxy groups -OCH3 is 1. The second-order valence-corrected chi connectivity index (χ2v) is 9.69. The van der Waals surface area contributed by atoms with Crippen LogP contribution in [0, 0.1) is 24.1 Å². The summed E-state index contributed by atoms with van der Waals surface area (Å²) in [5, 5.41) is 8.31. The first kappa shape index (κ1) is 23.8. The van der Waals surface area contributed by atoms with Gasteiger partial charge in [-0.25, -0.2) is 14.4 Å². The summed E-state index contributed by atoms with van der Waals surface area (Å²) in [7, 11) is 1.42. The minimum Gasteiger partial charge on any atom is -0.469 e. The number of carbonyl (C=O) groups is 2. The van der Waals surface area contributed by atoms with Gasteiger partial charge in [-0.05, 0) is 56.1 Å². The summed E-state index contributed by atoms with van der Waals surface area (Å²) in [5.41, 5.74) is 1.53. The lowest BCUT2D eigenvalue weighted by molar-refractivity contribution is -0.144. The lowest BCUT2D eigenvalue weighted by Gasteiger charge is -2.38. The van der Waals surface area contributed by atoms with E-state index in [1.54, 1.807) is 6.07 Å². The summed E-state index contributed by atoms with van der Waals surface area (Å²) in [6.45, 7) is 6.04. The van der Waals surface area contributed by atoms with Crippen LogP contribution in [0.3, 0.4) is 0 Å². The van der Waals surface area contributed by atoms with Crippen molar-refractivity contribution in [2.45, 2.75) is 58.9 Å². The second-order valence-electron chi connectivity index (χ2n) is 9.69. The Balaban J connectivity index is 1.38. The molecule has 0 saturated heterocycles. The first-order valence-corrected chi connectivity index (χ1v) is 11.5. The smallest absolute Gasteiger partial charge is 0.306 e. The molecule has 0 spiro atoms. The molecule has 1 aliphatic carbocycles. The zero-order valence-electron chi connectivity index (χ0n) is 20.0. The first-order chi connectivity index (χ1) is 16.2. The van der Waals surface area contributed by atoms with Crippen LogP contribution >= 0.6 is 0 Å². The fourth-order valence-electron chi connectivity index (χ4n) is 4.82. The van der Waals surface area contributed by atoms with Gasteiger partial charge in [-0.1, -0.05) is 13.8 Å². The maximum Gasteiger partial charge on any atom is 0.306 e. The Labute approximate surface area is 197 Å². The Hall–Kier alpha value is -3.36. The Bertz CT molecular complexity index is 1200. The molecule has 2 aromatic heterocycles. The highest BCUT2D eigenvalue weighted by Crippen LogP contribution is 2.40. The van der Waals surface area contributed by atoms with Crippen LogP contribution in [0.25, 0.3) is 16.9 Å². The van der Waals surface area contributed by atoms with Gasteiger partial charge in [0, 0.05) is 29.9 Å². The highest BCUT2D eigenvalue weighted by molar-refractivity contribution is 5.93. The monoisotopic (exact) mass is 467 g/mol. The number of amides is 1. The summed E-state index contributed by atoms with van der Waals surface area (Å²) in [5.74, 6) is -0.107. The molecule has 9 heteroatoms. The van der Waals surface area contributed by atoms with Gasteiger partial charge in [0.15, 0.2) is 0 Å². The van der Waals surface area contributed by atoms with E-state index >= 15 is 0 Å². The summed E-state index contributed by atoms with van der Waals surface area (Å²) in [6, 6.07) is 4.53. The van der Waals surface area contributed by atoms with Crippen LogP contribution in [0.4, 0.5) is 4.39 Å². The van der Waals surface area contributed by atoms with Gasteiger partial charge in [0.25, 0.3) is 11.9 Å². The lowest BCUT2D eigenvalue weighted by Crippen LogP contribution is -2.40. The number of aryl methyl sites for hydroxylation is 1. The SMILES string of the molecule is COC(=O)CC(C)(C)C1CCC(NC(=O)c2cnc(-n3nc(C)c4ccc(F)cc43)nc2)CC1. The third-order valence-corrected chi connectivity index (χ3v) is 6.91. The number of hydrogen-bond acceptors (Lipinski definition) is 6. The Kier molecular flexibility index (Phi) is 6.63. The van der Waals surface area contributed by atoms with Gasteiger partial charge in [0.1, 0.15) is 5.82 Å². The molecule has 1 aliphatic rings. The molecule has 2 heterocycles. The number of nitrogens with one attached hydrogen (secondary N) is 1. The molecular formula is C25H30FN5O3. The molecule has 1 N–H and O–H groups in total. The molecule has 3 aromatic rings. The molecule has 4 rings (SSSR count). The molecule has 0 atom stereocenters. The van der Waals surface area contributed by atoms with Crippen molar-refractivity contribution in [3.63, 3.8) is 0 Å². The minimum absolute atomic E-state index is 0.0676. The number of ether oxygens (including phenoxy) is 1. The van der Waals surface area contributed by atoms with Gasteiger partial charge >= 0.3 is 5.97 Å². The number of hydrogen-bond donors (Lipinski definition) is 1. The summed E-state index contributed by atoms with van der Waals surface area (Å²) >= 11 is 0. The van der Waals surface area contributed by atoms with Crippen LogP contribution in [-0.4, -0.2) is 44.8 Å². The molecule has 8 nitrogen and oxygen atoms in total. The normalized spacial score (nSPS) is 18.6. The number of fused-ring (bicyclic) bond motifs is 1. The zero-order valence-corrected chi connectivity index (χ0v) is 20.0. The quantitative estimate of drug-likeness (QED) is 0.547. The maximum atomic E-state index is 13.7. The Morgan fingerprint density at radius 2 is 1.85 bits per heavy atom. The minimum atomic E-state index is -0.368. The van der Waals surface area contributed by atoms with Crippen molar-refractivity contribution in [2.24, 2.45) is 11.3 Å². The van der Waals surface area contributed by atoms with E-state index in [2.05, 4.69) is 34.2 Å². The molecule has 180 valence electrons. The average Bonchev–Trinajstić information content (AvgIpc) is 3.14. The highest BCUT2D eigenvalue weighted by atomic mass is 19.1. The van der Waals surface area contributed by atoms with Crippen LogP contribution in [0.15, 0.2) is 30.6 Å². The van der Waals surface area contributed by atoms with Crippen molar-refractivity contribution in [1.29, 1.82) is 0 Å². The van der Waals surface area contributed by atoms with Crippen LogP contribution < -0.4 is 5.32 Å². The number of aromatic nitrogens is 4. The molecule has 0 radical (unpaired) electrons. The van der Waals surface area contributed by atoms with E-state index in [4.69, 9.17) is 4.74 Å². The standard InChI is InChI=1S/C25H30FN5O3/c1-15-20-10-7-18(26)11-21(20)31(30-15)24-27-13-16(14-28-24)23(33)29-19-8-5-17(6-9-19)25(2,3)12-22(32)34-4/h7,10-11,13-14,17,19H,5-6,8-9,12H2,1-4H3,(H,29,33). The predicted octanol–water partition coefficient (Wildman–Crippen LogP) is 4.14. The van der Waals surface area contributed by atoms with Crippen LogP contribution in [0.2, 0.25) is 0 Å². The van der Waals surface area contributed by atoms with E-state index in [0.717, 1.165) is 36.8 Å². The molecule has 1 fully saturated rings. The van der Waals surface area contributed by atoms with Gasteiger partial charge in [0.05, 0.1) is 30.3 Å². The number of esters is 1. The third kappa shape index (κ3) is 4.93. The van der Waals surface area contributed by atoms with E-state index in [9.17, 15) is 14.0 Å². The van der Waals surface area contributed by atoms with Crippen LogP contribution in [-0.2, 0) is 9.53 Å². The van der Waals surface area contributed by atoms with Crippen LogP contribution in [0.5, 0.6) is 0 Å². The number of benzene rings is 1. The van der Waals surface area contributed by atoms with Crippen molar-refractivity contribution in [2.75, 3.05) is 7.11 Å². The van der Waals surface area contributed by atoms with Gasteiger partial charge in [-0.3, -0.25) is 9.59 Å². The third-order valence-electron chi connectivity index (χ3n) is 6.91. The number of carbonyl (C=O) groups excluding carboxylic acids is 2. The van der Waals surface area contributed by atoms with Gasteiger partial charge < -0.3 is 10.1 Å². The molecule has 1 saturated carbocycles.